The molecule has 0 radical (unpaired) electrons. The summed E-state index contributed by atoms with van der Waals surface area (Å²) >= 11 is 0. The maximum absolute atomic E-state index is 10.1. The molecule has 3 nitrogen and oxygen atoms in total. The van der Waals surface area contributed by atoms with Crippen LogP contribution in [0.5, 0.6) is 0 Å². The molecule has 0 heterocycles. The van der Waals surface area contributed by atoms with Gasteiger partial charge in [0.25, 0.3) is 0 Å². The predicted octanol–water partition coefficient (Wildman–Crippen LogP) is 7.11. The van der Waals surface area contributed by atoms with Gasteiger partial charge < -0.3 is 15.6 Å². The highest BCUT2D eigenvalue weighted by Crippen LogP contribution is 2.67. The summed E-state index contributed by atoms with van der Waals surface area (Å²) < 4.78 is 5.96. The lowest BCUT2D eigenvalue weighted by Crippen LogP contribution is -2.43. The highest BCUT2D eigenvalue weighted by atomic mass is 16.5. The fourth-order valence-electron chi connectivity index (χ4n) is 7.36. The number of fused-ring (bicyclic) bond motifs is 1. The lowest BCUT2D eigenvalue weighted by atomic mass is 9.53. The molecule has 3 heteroatoms. The van der Waals surface area contributed by atoms with Crippen molar-refractivity contribution in [3.8, 4) is 0 Å². The van der Waals surface area contributed by atoms with Crippen molar-refractivity contribution in [2.24, 2.45) is 28.4 Å². The molecule has 0 aromatic carbocycles. The molecule has 0 bridgehead atoms. The Morgan fingerprint density at radius 2 is 1.97 bits per heavy atom. The van der Waals surface area contributed by atoms with E-state index in [9.17, 15) is 5.11 Å². The van der Waals surface area contributed by atoms with Crippen LogP contribution in [0.25, 0.3) is 0 Å². The topological polar surface area (TPSA) is 55.5 Å². The van der Waals surface area contributed by atoms with Gasteiger partial charge in [-0.3, -0.25) is 0 Å². The van der Waals surface area contributed by atoms with Crippen LogP contribution in [-0.4, -0.2) is 30.0 Å². The Bertz CT molecular complexity index is 745. The molecule has 3 rings (SSSR count). The highest BCUT2D eigenvalue weighted by Gasteiger charge is 2.57. The summed E-state index contributed by atoms with van der Waals surface area (Å²) in [6.45, 7) is 17.1. The zero-order valence-electron chi connectivity index (χ0n) is 22.2. The second kappa shape index (κ2) is 10.8. The van der Waals surface area contributed by atoms with Gasteiger partial charge in [0.05, 0.1) is 18.3 Å². The van der Waals surface area contributed by atoms with Crippen LogP contribution in [0.2, 0.25) is 0 Å². The Labute approximate surface area is 203 Å². The molecule has 3 N–H and O–H groups in total. The zero-order chi connectivity index (χ0) is 24.3. The Morgan fingerprint density at radius 3 is 2.67 bits per heavy atom. The van der Waals surface area contributed by atoms with E-state index in [4.69, 9.17) is 10.5 Å². The quantitative estimate of drug-likeness (QED) is 0.388. The van der Waals surface area contributed by atoms with Crippen LogP contribution in [0.15, 0.2) is 35.5 Å². The minimum Gasteiger partial charge on any atom is -0.390 e. The van der Waals surface area contributed by atoms with Crippen LogP contribution < -0.4 is 5.73 Å². The molecule has 33 heavy (non-hydrogen) atoms. The molecule has 0 saturated heterocycles. The average molecular weight is 458 g/mol. The molecule has 3 aliphatic rings. The van der Waals surface area contributed by atoms with E-state index in [2.05, 4.69) is 39.5 Å². The fourth-order valence-corrected chi connectivity index (χ4v) is 7.36. The third kappa shape index (κ3) is 6.03. The van der Waals surface area contributed by atoms with Crippen LogP contribution in [0.3, 0.4) is 0 Å². The van der Waals surface area contributed by atoms with Crippen LogP contribution in [0.4, 0.5) is 0 Å². The number of nitrogens with two attached hydrogens (primary N) is 1. The molecule has 0 aliphatic heterocycles. The van der Waals surface area contributed by atoms with E-state index in [1.165, 1.54) is 49.7 Å². The third-order valence-electron chi connectivity index (χ3n) is 9.65. The van der Waals surface area contributed by atoms with E-state index in [0.29, 0.717) is 24.0 Å². The van der Waals surface area contributed by atoms with Gasteiger partial charge in [0.15, 0.2) is 0 Å². The Balaban J connectivity index is 1.73. The molecule has 0 spiro atoms. The van der Waals surface area contributed by atoms with Gasteiger partial charge in [0.1, 0.15) is 0 Å². The summed E-state index contributed by atoms with van der Waals surface area (Å²) in [6.07, 6.45) is 18.0. The van der Waals surface area contributed by atoms with Gasteiger partial charge in [-0.25, -0.2) is 0 Å². The number of aliphatic hydroxyl groups is 1. The SMILES string of the molecule is C=C1CC[C@H](OCCN)C/C1=C\C=C1\CCC[C@]2(C)[C@@H]([C@H](C)CCCC(C)(C)O)CC[C@@]12C. The molecule has 0 unspecified atom stereocenters. The van der Waals surface area contributed by atoms with Crippen molar-refractivity contribution < 1.29 is 9.84 Å². The first-order chi connectivity index (χ1) is 15.5. The minimum absolute atomic E-state index is 0.288. The smallest absolute Gasteiger partial charge is 0.0619 e. The number of rotatable bonds is 9. The van der Waals surface area contributed by atoms with Crippen LogP contribution in [-0.2, 0) is 4.74 Å². The van der Waals surface area contributed by atoms with Crippen molar-refractivity contribution in [2.45, 2.75) is 117 Å². The standard InChI is InChI=1S/C30H51NO2/c1-22-11-14-26(33-20-19-31)21-24(22)12-13-25-10-8-17-30(6)27(15-18-29(25,30)5)23(2)9-7-16-28(3,4)32/h12-13,23,26-27,32H,1,7-11,14-21,31H2,2-6H3/b24-12+,25-13-/t23-,26+,27-,29+,30-/m1/s1. The van der Waals surface area contributed by atoms with Crippen LogP contribution in [0.1, 0.15) is 105 Å². The number of hydrogen-bond acceptors (Lipinski definition) is 3. The summed E-state index contributed by atoms with van der Waals surface area (Å²) in [6, 6.07) is 0. The maximum Gasteiger partial charge on any atom is 0.0619 e. The molecule has 0 aromatic heterocycles. The van der Waals surface area contributed by atoms with Crippen molar-refractivity contribution in [1.82, 2.24) is 0 Å². The first kappa shape index (κ1) is 26.7. The first-order valence-corrected chi connectivity index (χ1v) is 13.6. The molecule has 5 atom stereocenters. The van der Waals surface area contributed by atoms with Crippen LogP contribution in [0, 0.1) is 22.7 Å². The first-order valence-electron chi connectivity index (χ1n) is 13.6. The van der Waals surface area contributed by atoms with Gasteiger partial charge in [0.2, 0.25) is 0 Å². The van der Waals surface area contributed by atoms with E-state index in [1.807, 2.05) is 13.8 Å². The minimum atomic E-state index is -0.542. The van der Waals surface area contributed by atoms with Crippen molar-refractivity contribution in [3.05, 3.63) is 35.5 Å². The lowest BCUT2D eigenvalue weighted by Gasteiger charge is -2.51. The molecular formula is C30H51NO2. The van der Waals surface area contributed by atoms with Crippen molar-refractivity contribution in [2.75, 3.05) is 13.2 Å². The molecular weight excluding hydrogens is 406 g/mol. The summed E-state index contributed by atoms with van der Waals surface area (Å²) in [5.74, 6) is 1.50. The van der Waals surface area contributed by atoms with Gasteiger partial charge in [-0.15, -0.1) is 0 Å². The summed E-state index contributed by atoms with van der Waals surface area (Å²) in [4.78, 5) is 0. The van der Waals surface area contributed by atoms with Crippen molar-refractivity contribution >= 4 is 0 Å². The number of ether oxygens (including phenoxy) is 1. The highest BCUT2D eigenvalue weighted by molar-refractivity contribution is 5.37. The molecule has 3 saturated carbocycles. The average Bonchev–Trinajstić information content (AvgIpc) is 3.02. The van der Waals surface area contributed by atoms with Gasteiger partial charge in [-0.05, 0) is 99.9 Å². The van der Waals surface area contributed by atoms with Gasteiger partial charge >= 0.3 is 0 Å². The lowest BCUT2D eigenvalue weighted by molar-refractivity contribution is 0.0299. The molecule has 0 amide bonds. The van der Waals surface area contributed by atoms with Gasteiger partial charge in [-0.1, -0.05) is 63.5 Å². The van der Waals surface area contributed by atoms with E-state index in [-0.39, 0.29) is 6.10 Å². The van der Waals surface area contributed by atoms with Crippen molar-refractivity contribution in [3.63, 3.8) is 0 Å². The number of allylic oxidation sites excluding steroid dienone is 4. The molecule has 0 aromatic rings. The van der Waals surface area contributed by atoms with Crippen LogP contribution >= 0.6 is 0 Å². The largest absolute Gasteiger partial charge is 0.390 e. The second-order valence-corrected chi connectivity index (χ2v) is 12.4. The van der Waals surface area contributed by atoms with Gasteiger partial charge in [0, 0.05) is 6.54 Å². The molecule has 188 valence electrons. The Morgan fingerprint density at radius 1 is 1.21 bits per heavy atom. The zero-order valence-corrected chi connectivity index (χ0v) is 22.2. The Kier molecular flexibility index (Phi) is 8.73. The normalized spacial score (nSPS) is 36.4. The second-order valence-electron chi connectivity index (χ2n) is 12.4. The molecule has 3 fully saturated rings. The molecule has 3 aliphatic carbocycles. The summed E-state index contributed by atoms with van der Waals surface area (Å²) in [5, 5.41) is 10.1. The fraction of sp³-hybridized carbons (Fsp3) is 0.800. The monoisotopic (exact) mass is 457 g/mol. The Hall–Kier alpha value is -0.900. The number of hydrogen-bond donors (Lipinski definition) is 2. The van der Waals surface area contributed by atoms with E-state index >= 15 is 0 Å². The maximum atomic E-state index is 10.1. The summed E-state index contributed by atoms with van der Waals surface area (Å²) in [7, 11) is 0. The summed E-state index contributed by atoms with van der Waals surface area (Å²) in [5.41, 5.74) is 10.1. The van der Waals surface area contributed by atoms with Crippen molar-refractivity contribution in [1.29, 1.82) is 0 Å². The third-order valence-corrected chi connectivity index (χ3v) is 9.65. The predicted molar refractivity (Wildman–Crippen MR) is 140 cm³/mol. The van der Waals surface area contributed by atoms with Gasteiger partial charge in [-0.2, -0.15) is 0 Å². The van der Waals surface area contributed by atoms with E-state index < -0.39 is 5.60 Å². The van der Waals surface area contributed by atoms with E-state index in [1.54, 1.807) is 5.57 Å². The van der Waals surface area contributed by atoms with E-state index in [0.717, 1.165) is 43.9 Å².